The summed E-state index contributed by atoms with van der Waals surface area (Å²) in [6, 6.07) is 18.7. The van der Waals surface area contributed by atoms with Crippen molar-refractivity contribution in [2.75, 3.05) is 4.90 Å². The highest BCUT2D eigenvalue weighted by Gasteiger charge is 2.44. The second-order valence-corrected chi connectivity index (χ2v) is 10.6. The lowest BCUT2D eigenvalue weighted by Gasteiger charge is -2.25. The van der Waals surface area contributed by atoms with E-state index < -0.39 is 22.4 Å². The van der Waals surface area contributed by atoms with Crippen molar-refractivity contribution in [1.82, 2.24) is 5.32 Å². The predicted octanol–water partition coefficient (Wildman–Crippen LogP) is 6.97. The zero-order valence-electron chi connectivity index (χ0n) is 19.4. The second-order valence-electron chi connectivity index (χ2n) is 8.90. The monoisotopic (exact) mass is 546 g/mol. The third kappa shape index (κ3) is 6.05. The molecule has 1 aliphatic heterocycles. The normalized spacial score (nSPS) is 19.7. The molecule has 37 heavy (non-hydrogen) atoms. The molecule has 0 spiro atoms. The molecule has 0 aromatic heterocycles. The lowest BCUT2D eigenvalue weighted by Crippen LogP contribution is -2.34. The SMILES string of the molecule is O=C(CC1SC(c2cccc(C(F)(F)F)c2)N(c2ccc(Oc3ccc(Cl)cc3)cc2)C1=O)NC1CC1. The number of amides is 2. The molecule has 1 N–H and O–H groups in total. The van der Waals surface area contributed by atoms with E-state index in [1.165, 1.54) is 22.7 Å². The van der Waals surface area contributed by atoms with Gasteiger partial charge < -0.3 is 10.1 Å². The highest BCUT2D eigenvalue weighted by atomic mass is 35.5. The maximum atomic E-state index is 13.5. The molecule has 5 nitrogen and oxygen atoms in total. The van der Waals surface area contributed by atoms with E-state index in [9.17, 15) is 22.8 Å². The maximum Gasteiger partial charge on any atom is 0.416 e. The van der Waals surface area contributed by atoms with Crippen molar-refractivity contribution in [3.05, 3.63) is 88.9 Å². The lowest BCUT2D eigenvalue weighted by molar-refractivity contribution is -0.137. The van der Waals surface area contributed by atoms with Crippen molar-refractivity contribution >= 4 is 40.9 Å². The third-order valence-electron chi connectivity index (χ3n) is 6.02. The quantitative estimate of drug-likeness (QED) is 0.348. The minimum Gasteiger partial charge on any atom is -0.457 e. The predicted molar refractivity (Wildman–Crippen MR) is 137 cm³/mol. The number of nitrogens with one attached hydrogen (secondary N) is 1. The van der Waals surface area contributed by atoms with E-state index in [0.29, 0.717) is 27.8 Å². The highest BCUT2D eigenvalue weighted by Crippen LogP contribution is 2.47. The molecule has 1 saturated carbocycles. The Bertz CT molecular complexity index is 1300. The van der Waals surface area contributed by atoms with E-state index in [0.717, 1.165) is 25.0 Å². The molecule has 0 bridgehead atoms. The number of ether oxygens (including phenoxy) is 1. The van der Waals surface area contributed by atoms with Crippen LogP contribution in [0.5, 0.6) is 11.5 Å². The smallest absolute Gasteiger partial charge is 0.416 e. The zero-order chi connectivity index (χ0) is 26.2. The van der Waals surface area contributed by atoms with Gasteiger partial charge in [-0.2, -0.15) is 13.2 Å². The Kier molecular flexibility index (Phi) is 7.09. The van der Waals surface area contributed by atoms with Crippen LogP contribution in [0.15, 0.2) is 72.8 Å². The second kappa shape index (κ2) is 10.3. The highest BCUT2D eigenvalue weighted by molar-refractivity contribution is 8.01. The average Bonchev–Trinajstić information content (AvgIpc) is 3.62. The molecule has 3 aromatic rings. The number of rotatable bonds is 7. The van der Waals surface area contributed by atoms with Gasteiger partial charge in [-0.1, -0.05) is 23.7 Å². The fourth-order valence-electron chi connectivity index (χ4n) is 4.04. The molecule has 5 rings (SSSR count). The largest absolute Gasteiger partial charge is 0.457 e. The van der Waals surface area contributed by atoms with Crippen LogP contribution < -0.4 is 15.0 Å². The first kappa shape index (κ1) is 25.5. The molecule has 2 aliphatic rings. The van der Waals surface area contributed by atoms with Gasteiger partial charge in [0.1, 0.15) is 16.9 Å². The van der Waals surface area contributed by atoms with Crippen molar-refractivity contribution in [2.24, 2.45) is 0 Å². The molecule has 10 heteroatoms. The number of carbonyl (C=O) groups excluding carboxylic acids is 2. The van der Waals surface area contributed by atoms with Crippen LogP contribution in [0, 0.1) is 0 Å². The Morgan fingerprint density at radius 3 is 2.30 bits per heavy atom. The van der Waals surface area contributed by atoms with Crippen LogP contribution in [0.4, 0.5) is 18.9 Å². The van der Waals surface area contributed by atoms with Crippen molar-refractivity contribution in [2.45, 2.75) is 42.1 Å². The molecule has 192 valence electrons. The fraction of sp³-hybridized carbons (Fsp3) is 0.259. The summed E-state index contributed by atoms with van der Waals surface area (Å²) in [6.07, 6.45) is -2.72. The molecule has 2 fully saturated rings. The van der Waals surface area contributed by atoms with Gasteiger partial charge in [-0.25, -0.2) is 0 Å². The first-order chi connectivity index (χ1) is 17.7. The summed E-state index contributed by atoms with van der Waals surface area (Å²) in [7, 11) is 0. The number of benzene rings is 3. The van der Waals surface area contributed by atoms with Gasteiger partial charge in [0, 0.05) is 23.2 Å². The topological polar surface area (TPSA) is 58.6 Å². The minimum atomic E-state index is -4.52. The summed E-state index contributed by atoms with van der Waals surface area (Å²) < 4.78 is 46.0. The molecule has 2 atom stereocenters. The molecule has 3 aromatic carbocycles. The Balaban J connectivity index is 1.41. The first-order valence-corrected chi connectivity index (χ1v) is 13.0. The summed E-state index contributed by atoms with van der Waals surface area (Å²) in [5.41, 5.74) is 0.0351. The van der Waals surface area contributed by atoms with E-state index in [-0.39, 0.29) is 24.3 Å². The van der Waals surface area contributed by atoms with E-state index >= 15 is 0 Å². The van der Waals surface area contributed by atoms with Gasteiger partial charge in [0.15, 0.2) is 0 Å². The number of hydrogen-bond donors (Lipinski definition) is 1. The molecule has 0 radical (unpaired) electrons. The Morgan fingerprint density at radius 1 is 1.03 bits per heavy atom. The fourth-order valence-corrected chi connectivity index (χ4v) is 5.60. The molecule has 1 saturated heterocycles. The van der Waals surface area contributed by atoms with Crippen LogP contribution in [0.3, 0.4) is 0 Å². The van der Waals surface area contributed by atoms with Crippen molar-refractivity contribution in [1.29, 1.82) is 0 Å². The van der Waals surface area contributed by atoms with Gasteiger partial charge in [-0.15, -0.1) is 11.8 Å². The van der Waals surface area contributed by atoms with Gasteiger partial charge in [-0.05, 0) is 79.1 Å². The van der Waals surface area contributed by atoms with Crippen LogP contribution in [0.1, 0.15) is 35.8 Å². The average molecular weight is 547 g/mol. The standard InChI is InChI=1S/C27H22ClF3N2O3S/c28-18-4-10-21(11-5-18)36-22-12-8-20(9-13-22)33-25(35)23(15-24(34)32-19-6-7-19)37-26(33)16-2-1-3-17(14-16)27(29,30)31/h1-5,8-14,19,23,26H,6-7,15H2,(H,32,34). The van der Waals surface area contributed by atoms with Crippen molar-refractivity contribution in [3.8, 4) is 11.5 Å². The first-order valence-electron chi connectivity index (χ1n) is 11.7. The van der Waals surface area contributed by atoms with E-state index in [2.05, 4.69) is 5.32 Å². The molecule has 1 aliphatic carbocycles. The summed E-state index contributed by atoms with van der Waals surface area (Å²) in [4.78, 5) is 27.4. The van der Waals surface area contributed by atoms with E-state index in [1.807, 2.05) is 0 Å². The Labute approximate surface area is 220 Å². The zero-order valence-corrected chi connectivity index (χ0v) is 20.9. The van der Waals surface area contributed by atoms with E-state index in [1.54, 1.807) is 54.6 Å². The van der Waals surface area contributed by atoms with Gasteiger partial charge >= 0.3 is 6.18 Å². The lowest BCUT2D eigenvalue weighted by atomic mass is 10.1. The van der Waals surface area contributed by atoms with Crippen molar-refractivity contribution in [3.63, 3.8) is 0 Å². The van der Waals surface area contributed by atoms with Gasteiger partial charge in [0.2, 0.25) is 11.8 Å². The summed E-state index contributed by atoms with van der Waals surface area (Å²) >= 11 is 7.09. The molecule has 1 heterocycles. The number of carbonyl (C=O) groups is 2. The maximum absolute atomic E-state index is 13.5. The van der Waals surface area contributed by atoms with Gasteiger partial charge in [0.05, 0.1) is 10.8 Å². The van der Waals surface area contributed by atoms with Crippen LogP contribution in [-0.4, -0.2) is 23.1 Å². The third-order valence-corrected chi connectivity index (χ3v) is 7.71. The van der Waals surface area contributed by atoms with E-state index in [4.69, 9.17) is 16.3 Å². The summed E-state index contributed by atoms with van der Waals surface area (Å²) in [5.74, 6) is 0.532. The number of hydrogen-bond acceptors (Lipinski definition) is 4. The van der Waals surface area contributed by atoms with Crippen LogP contribution in [0.25, 0.3) is 0 Å². The Hall–Kier alpha value is -3.17. The minimum absolute atomic E-state index is 0.0380. The molecule has 2 unspecified atom stereocenters. The molecule has 2 amide bonds. The Morgan fingerprint density at radius 2 is 1.68 bits per heavy atom. The van der Waals surface area contributed by atoms with Crippen LogP contribution >= 0.6 is 23.4 Å². The molecular formula is C27H22ClF3N2O3S. The van der Waals surface area contributed by atoms with Crippen LogP contribution in [-0.2, 0) is 15.8 Å². The number of nitrogens with zero attached hydrogens (tertiary/aromatic N) is 1. The summed E-state index contributed by atoms with van der Waals surface area (Å²) in [5, 5.41) is 2.01. The van der Waals surface area contributed by atoms with Gasteiger partial charge in [0.25, 0.3) is 0 Å². The van der Waals surface area contributed by atoms with Crippen molar-refractivity contribution < 1.29 is 27.5 Å². The summed E-state index contributed by atoms with van der Waals surface area (Å²) in [6.45, 7) is 0. The number of thioether (sulfide) groups is 1. The van der Waals surface area contributed by atoms with Gasteiger partial charge in [-0.3, -0.25) is 14.5 Å². The number of alkyl halides is 3. The van der Waals surface area contributed by atoms with Crippen LogP contribution in [0.2, 0.25) is 5.02 Å². The number of halogens is 4. The number of anilines is 1. The molecular weight excluding hydrogens is 525 g/mol.